The molecule has 0 saturated heterocycles. The van der Waals surface area contributed by atoms with Gasteiger partial charge in [-0.15, -0.1) is 11.3 Å². The second kappa shape index (κ2) is 3.29. The Kier molecular flexibility index (Phi) is 2.21. The molecule has 2 unspecified atom stereocenters. The third kappa shape index (κ3) is 1.40. The van der Waals surface area contributed by atoms with Crippen molar-refractivity contribution in [1.29, 1.82) is 5.26 Å². The van der Waals surface area contributed by atoms with E-state index in [1.54, 1.807) is 0 Å². The fraction of sp³-hybridized carbons (Fsp3) is 0.444. The highest BCUT2D eigenvalue weighted by Crippen LogP contribution is 2.54. The molecule has 0 amide bonds. The Balaban J connectivity index is 2.31. The molecule has 1 saturated carbocycles. The molecule has 1 aliphatic rings. The van der Waals surface area contributed by atoms with Crippen LogP contribution in [0, 0.1) is 17.2 Å². The number of aromatic carboxylic acids is 1. The van der Waals surface area contributed by atoms with Crippen LogP contribution < -0.4 is 0 Å². The van der Waals surface area contributed by atoms with Gasteiger partial charge in [-0.2, -0.15) is 5.26 Å². The van der Waals surface area contributed by atoms with Gasteiger partial charge in [0.15, 0.2) is 5.69 Å². The summed E-state index contributed by atoms with van der Waals surface area (Å²) >= 11 is 1.17. The van der Waals surface area contributed by atoms with Gasteiger partial charge in [-0.1, -0.05) is 0 Å². The first-order valence-electron chi connectivity index (χ1n) is 4.35. The summed E-state index contributed by atoms with van der Waals surface area (Å²) in [5, 5.41) is 28.6. The number of aliphatic hydroxyl groups is 1. The van der Waals surface area contributed by atoms with Crippen molar-refractivity contribution in [3.63, 3.8) is 0 Å². The quantitative estimate of drug-likeness (QED) is 0.784. The number of thiazole rings is 1. The minimum Gasteiger partial charge on any atom is -0.476 e. The summed E-state index contributed by atoms with van der Waals surface area (Å²) in [4.78, 5) is 14.5. The number of nitrogens with zero attached hydrogens (tertiary/aromatic N) is 2. The first-order chi connectivity index (χ1) is 7.14. The minimum atomic E-state index is -1.09. The molecule has 0 aromatic carbocycles. The fourth-order valence-electron chi connectivity index (χ4n) is 1.57. The van der Waals surface area contributed by atoms with Gasteiger partial charge in [-0.05, 0) is 6.42 Å². The number of hydrogen-bond acceptors (Lipinski definition) is 5. The van der Waals surface area contributed by atoms with Crippen molar-refractivity contribution in [2.24, 2.45) is 5.92 Å². The predicted octanol–water partition coefficient (Wildman–Crippen LogP) is 0.615. The summed E-state index contributed by atoms with van der Waals surface area (Å²) in [6, 6.07) is 2.12. The van der Waals surface area contributed by atoms with Crippen LogP contribution in [-0.4, -0.2) is 27.8 Å². The lowest BCUT2D eigenvalue weighted by atomic mass is 10.1. The average Bonchev–Trinajstić information content (AvgIpc) is 2.74. The topological polar surface area (TPSA) is 94.2 Å². The monoisotopic (exact) mass is 224 g/mol. The number of aromatic nitrogens is 1. The number of hydrogen-bond donors (Lipinski definition) is 2. The Hall–Kier alpha value is -1.45. The van der Waals surface area contributed by atoms with E-state index in [1.165, 1.54) is 16.7 Å². The molecular formula is C9H8N2O3S. The standard InChI is InChI=1S/C9H8N2O3S/c10-4-9(1-5(9)2-12)8-11-6(3-15-8)7(13)14/h3,5,12H,1-2H2,(H,13,14). The molecule has 1 heterocycles. The lowest BCUT2D eigenvalue weighted by Gasteiger charge is -2.01. The van der Waals surface area contributed by atoms with E-state index in [9.17, 15) is 4.79 Å². The van der Waals surface area contributed by atoms with Gasteiger partial charge in [0, 0.05) is 17.9 Å². The smallest absolute Gasteiger partial charge is 0.355 e. The van der Waals surface area contributed by atoms with Crippen molar-refractivity contribution in [3.05, 3.63) is 16.1 Å². The van der Waals surface area contributed by atoms with E-state index >= 15 is 0 Å². The van der Waals surface area contributed by atoms with Gasteiger partial charge in [0.05, 0.1) is 6.07 Å². The summed E-state index contributed by atoms with van der Waals surface area (Å²) in [6.45, 7) is -0.0600. The van der Waals surface area contributed by atoms with E-state index in [1.807, 2.05) is 0 Å². The van der Waals surface area contributed by atoms with Crippen LogP contribution in [0.2, 0.25) is 0 Å². The van der Waals surface area contributed by atoms with E-state index < -0.39 is 11.4 Å². The summed E-state index contributed by atoms with van der Waals surface area (Å²) in [6.07, 6.45) is 0.562. The lowest BCUT2D eigenvalue weighted by Crippen LogP contribution is -2.09. The van der Waals surface area contributed by atoms with E-state index in [4.69, 9.17) is 15.5 Å². The van der Waals surface area contributed by atoms with E-state index in [2.05, 4.69) is 11.1 Å². The van der Waals surface area contributed by atoms with Crippen LogP contribution in [0.4, 0.5) is 0 Å². The third-order valence-electron chi connectivity index (χ3n) is 2.63. The van der Waals surface area contributed by atoms with Crippen LogP contribution in [-0.2, 0) is 5.41 Å². The molecule has 2 atom stereocenters. The number of aliphatic hydroxyl groups excluding tert-OH is 1. The number of rotatable bonds is 3. The van der Waals surface area contributed by atoms with Crippen molar-refractivity contribution in [3.8, 4) is 6.07 Å². The first-order valence-corrected chi connectivity index (χ1v) is 5.23. The second-order valence-corrected chi connectivity index (χ2v) is 4.37. The fourth-order valence-corrected chi connectivity index (χ4v) is 2.61. The third-order valence-corrected chi connectivity index (χ3v) is 3.65. The molecule has 1 aromatic rings. The molecule has 1 aromatic heterocycles. The Labute approximate surface area is 89.6 Å². The molecule has 5 nitrogen and oxygen atoms in total. The summed E-state index contributed by atoms with van der Waals surface area (Å²) in [5.41, 5.74) is -0.777. The van der Waals surface area contributed by atoms with Crippen molar-refractivity contribution in [1.82, 2.24) is 4.98 Å². The maximum atomic E-state index is 10.6. The molecule has 2 N–H and O–H groups in total. The van der Waals surface area contributed by atoms with Gasteiger partial charge in [0.2, 0.25) is 0 Å². The molecule has 1 fully saturated rings. The van der Waals surface area contributed by atoms with Crippen molar-refractivity contribution in [2.45, 2.75) is 11.8 Å². The van der Waals surface area contributed by atoms with Crippen LogP contribution in [0.5, 0.6) is 0 Å². The molecule has 78 valence electrons. The zero-order valence-electron chi connectivity index (χ0n) is 7.67. The predicted molar refractivity (Wildman–Crippen MR) is 51.6 cm³/mol. The van der Waals surface area contributed by atoms with Crippen molar-refractivity contribution < 1.29 is 15.0 Å². The van der Waals surface area contributed by atoms with Crippen LogP contribution in [0.25, 0.3) is 0 Å². The van der Waals surface area contributed by atoms with Crippen molar-refractivity contribution in [2.75, 3.05) is 6.61 Å². The highest BCUT2D eigenvalue weighted by molar-refractivity contribution is 7.10. The normalized spacial score (nSPS) is 28.4. The SMILES string of the molecule is N#CC1(c2nc(C(=O)O)cs2)CC1CO. The van der Waals surface area contributed by atoms with Crippen LogP contribution in [0.1, 0.15) is 21.9 Å². The molecule has 0 aliphatic heterocycles. The maximum absolute atomic E-state index is 10.6. The largest absolute Gasteiger partial charge is 0.476 e. The number of carbonyl (C=O) groups is 1. The zero-order chi connectivity index (χ0) is 11.1. The van der Waals surface area contributed by atoms with E-state index in [0.29, 0.717) is 11.4 Å². The second-order valence-electron chi connectivity index (χ2n) is 3.51. The van der Waals surface area contributed by atoms with Gasteiger partial charge >= 0.3 is 5.97 Å². The first kappa shape index (κ1) is 10.1. The number of carboxylic acids is 1. The number of nitriles is 1. The van der Waals surface area contributed by atoms with Gasteiger partial charge < -0.3 is 10.2 Å². The lowest BCUT2D eigenvalue weighted by molar-refractivity contribution is 0.0691. The maximum Gasteiger partial charge on any atom is 0.355 e. The van der Waals surface area contributed by atoms with Gasteiger partial charge in [-0.25, -0.2) is 9.78 Å². The molecule has 2 rings (SSSR count). The van der Waals surface area contributed by atoms with Crippen molar-refractivity contribution >= 4 is 17.3 Å². The minimum absolute atomic E-state index is 0.0341. The van der Waals surface area contributed by atoms with E-state index in [-0.39, 0.29) is 18.2 Å². The van der Waals surface area contributed by atoms with Crippen LogP contribution in [0.3, 0.4) is 0 Å². The Bertz CT molecular complexity index is 450. The van der Waals surface area contributed by atoms with Crippen LogP contribution in [0.15, 0.2) is 5.38 Å². The van der Waals surface area contributed by atoms with Gasteiger partial charge in [-0.3, -0.25) is 0 Å². The molecule has 0 bridgehead atoms. The summed E-state index contributed by atoms with van der Waals surface area (Å²) < 4.78 is 0. The molecule has 1 aliphatic carbocycles. The number of carboxylic acid groups (broad SMARTS) is 1. The summed E-state index contributed by atoms with van der Waals surface area (Å²) in [7, 11) is 0. The molecular weight excluding hydrogens is 216 g/mol. The van der Waals surface area contributed by atoms with E-state index in [0.717, 1.165) is 0 Å². The van der Waals surface area contributed by atoms with Crippen LogP contribution >= 0.6 is 11.3 Å². The highest BCUT2D eigenvalue weighted by atomic mass is 32.1. The Morgan fingerprint density at radius 2 is 2.60 bits per heavy atom. The highest BCUT2D eigenvalue weighted by Gasteiger charge is 2.58. The van der Waals surface area contributed by atoms with Gasteiger partial charge in [0.25, 0.3) is 0 Å². The Morgan fingerprint density at radius 3 is 3.00 bits per heavy atom. The zero-order valence-corrected chi connectivity index (χ0v) is 8.49. The molecule has 0 radical (unpaired) electrons. The summed E-state index contributed by atoms with van der Waals surface area (Å²) in [5.74, 6) is -1.19. The average molecular weight is 224 g/mol. The van der Waals surface area contributed by atoms with Gasteiger partial charge in [0.1, 0.15) is 10.4 Å². The molecule has 6 heteroatoms. The molecule has 15 heavy (non-hydrogen) atoms. The molecule has 0 spiro atoms. The Morgan fingerprint density at radius 1 is 1.87 bits per heavy atom.